The second-order valence-electron chi connectivity index (χ2n) is 10.7. The summed E-state index contributed by atoms with van der Waals surface area (Å²) in [4.78, 5) is 25.9. The standard InChI is InChI=1S/C33H54O8/c1-6-11-21-36-28-29(37-22-12-7-2)31(39-24-25-19-15-14-16-20-25)33(41-27(35)18-10-5)32(40-26(34)17-9-4)30(28)38-23-13-8-3/h14-16,19-20,28-33H,6-13,17-18,21-24H2,1-5H3. The van der Waals surface area contributed by atoms with E-state index in [2.05, 4.69) is 20.8 Å². The summed E-state index contributed by atoms with van der Waals surface area (Å²) < 4.78 is 38.2. The molecule has 1 saturated carbocycles. The summed E-state index contributed by atoms with van der Waals surface area (Å²) in [5.74, 6) is -0.732. The Balaban J connectivity index is 2.58. The van der Waals surface area contributed by atoms with E-state index in [9.17, 15) is 9.59 Å². The van der Waals surface area contributed by atoms with Crippen molar-refractivity contribution >= 4 is 11.9 Å². The van der Waals surface area contributed by atoms with Gasteiger partial charge in [-0.2, -0.15) is 0 Å². The fourth-order valence-electron chi connectivity index (χ4n) is 4.84. The number of esters is 2. The van der Waals surface area contributed by atoms with Gasteiger partial charge in [-0.1, -0.05) is 84.2 Å². The lowest BCUT2D eigenvalue weighted by Crippen LogP contribution is -2.68. The van der Waals surface area contributed by atoms with E-state index >= 15 is 0 Å². The first-order valence-electron chi connectivity index (χ1n) is 15.9. The molecule has 41 heavy (non-hydrogen) atoms. The monoisotopic (exact) mass is 578 g/mol. The zero-order chi connectivity index (χ0) is 29.9. The third-order valence-electron chi connectivity index (χ3n) is 7.10. The molecule has 8 nitrogen and oxygen atoms in total. The minimum atomic E-state index is -0.914. The molecule has 1 aromatic carbocycles. The molecular formula is C33H54O8. The number of benzene rings is 1. The lowest BCUT2D eigenvalue weighted by molar-refractivity contribution is -0.276. The van der Waals surface area contributed by atoms with Crippen LogP contribution in [0.3, 0.4) is 0 Å². The molecule has 0 radical (unpaired) electrons. The SMILES string of the molecule is CCCCOC1C(OCCCC)C(OCc2ccccc2)C(OC(=O)CCC)C(OC(=O)CCC)C1OCCCC. The highest BCUT2D eigenvalue weighted by atomic mass is 16.6. The summed E-state index contributed by atoms with van der Waals surface area (Å²) in [6.07, 6.45) is 2.83. The number of carbonyl (C=O) groups is 2. The van der Waals surface area contributed by atoms with Gasteiger partial charge in [0, 0.05) is 32.7 Å². The molecule has 1 aliphatic rings. The summed E-state index contributed by atoms with van der Waals surface area (Å²) in [6.45, 7) is 11.9. The Morgan fingerprint density at radius 3 is 1.32 bits per heavy atom. The van der Waals surface area contributed by atoms with E-state index in [0.717, 1.165) is 44.1 Å². The van der Waals surface area contributed by atoms with Crippen molar-refractivity contribution in [2.75, 3.05) is 19.8 Å². The zero-order valence-electron chi connectivity index (χ0n) is 26.0. The van der Waals surface area contributed by atoms with Crippen LogP contribution in [0, 0.1) is 0 Å². The van der Waals surface area contributed by atoms with Crippen LogP contribution in [0.15, 0.2) is 30.3 Å². The van der Waals surface area contributed by atoms with Gasteiger partial charge >= 0.3 is 11.9 Å². The van der Waals surface area contributed by atoms with Crippen molar-refractivity contribution in [1.82, 2.24) is 0 Å². The van der Waals surface area contributed by atoms with Crippen LogP contribution < -0.4 is 0 Å². The average molecular weight is 579 g/mol. The maximum Gasteiger partial charge on any atom is 0.306 e. The quantitative estimate of drug-likeness (QED) is 0.120. The smallest absolute Gasteiger partial charge is 0.306 e. The van der Waals surface area contributed by atoms with Crippen LogP contribution in [0.25, 0.3) is 0 Å². The number of rotatable bonds is 21. The van der Waals surface area contributed by atoms with Gasteiger partial charge in [0.25, 0.3) is 0 Å². The Labute approximate surface area is 247 Å². The molecule has 2 rings (SSSR count). The number of ether oxygens (including phenoxy) is 6. The molecule has 0 saturated heterocycles. The summed E-state index contributed by atoms with van der Waals surface area (Å²) in [5, 5.41) is 0. The Morgan fingerprint density at radius 1 is 0.537 bits per heavy atom. The van der Waals surface area contributed by atoms with E-state index in [0.29, 0.717) is 32.7 Å². The topological polar surface area (TPSA) is 89.5 Å². The van der Waals surface area contributed by atoms with E-state index in [1.165, 1.54) is 0 Å². The van der Waals surface area contributed by atoms with Crippen LogP contribution in [-0.4, -0.2) is 68.4 Å². The highest BCUT2D eigenvalue weighted by Gasteiger charge is 2.57. The maximum absolute atomic E-state index is 13.0. The van der Waals surface area contributed by atoms with Crippen molar-refractivity contribution in [2.24, 2.45) is 0 Å². The van der Waals surface area contributed by atoms with Crippen LogP contribution in [-0.2, 0) is 44.6 Å². The number of unbranched alkanes of at least 4 members (excludes halogenated alkanes) is 3. The van der Waals surface area contributed by atoms with Crippen LogP contribution >= 0.6 is 0 Å². The fraction of sp³-hybridized carbons (Fsp3) is 0.758. The van der Waals surface area contributed by atoms with E-state index in [1.54, 1.807) is 0 Å². The first kappa shape index (κ1) is 35.2. The zero-order valence-corrected chi connectivity index (χ0v) is 26.0. The van der Waals surface area contributed by atoms with E-state index in [1.807, 2.05) is 44.2 Å². The molecule has 0 amide bonds. The molecule has 0 spiro atoms. The van der Waals surface area contributed by atoms with E-state index in [-0.39, 0.29) is 31.4 Å². The highest BCUT2D eigenvalue weighted by molar-refractivity contribution is 5.70. The number of hydrogen-bond acceptors (Lipinski definition) is 8. The average Bonchev–Trinajstić information content (AvgIpc) is 2.96. The van der Waals surface area contributed by atoms with Crippen molar-refractivity contribution in [3.8, 4) is 0 Å². The van der Waals surface area contributed by atoms with Gasteiger partial charge in [0.2, 0.25) is 0 Å². The van der Waals surface area contributed by atoms with Crippen molar-refractivity contribution < 1.29 is 38.0 Å². The molecule has 6 unspecified atom stereocenters. The lowest BCUT2D eigenvalue weighted by Gasteiger charge is -2.49. The molecule has 1 fully saturated rings. The summed E-state index contributed by atoms with van der Waals surface area (Å²) in [6, 6.07) is 9.83. The molecule has 0 aromatic heterocycles. The molecule has 0 aliphatic heterocycles. The number of hydrogen-bond donors (Lipinski definition) is 0. The molecule has 0 N–H and O–H groups in total. The third kappa shape index (κ3) is 12.0. The van der Waals surface area contributed by atoms with Gasteiger partial charge in [0.1, 0.15) is 24.4 Å². The van der Waals surface area contributed by atoms with Crippen LogP contribution in [0.4, 0.5) is 0 Å². The van der Waals surface area contributed by atoms with Gasteiger partial charge in [-0.15, -0.1) is 0 Å². The summed E-state index contributed by atoms with van der Waals surface area (Å²) in [7, 11) is 0. The molecule has 8 heteroatoms. The van der Waals surface area contributed by atoms with Crippen molar-refractivity contribution in [2.45, 2.75) is 142 Å². The third-order valence-corrected chi connectivity index (χ3v) is 7.10. The summed E-state index contributed by atoms with van der Waals surface area (Å²) in [5.41, 5.74) is 0.975. The van der Waals surface area contributed by atoms with Crippen LogP contribution in [0.1, 0.15) is 104 Å². The van der Waals surface area contributed by atoms with Crippen LogP contribution in [0.2, 0.25) is 0 Å². The predicted octanol–water partition coefficient (Wildman–Crippen LogP) is 6.57. The van der Waals surface area contributed by atoms with E-state index < -0.39 is 36.6 Å². The first-order chi connectivity index (χ1) is 20.0. The molecule has 1 aliphatic carbocycles. The van der Waals surface area contributed by atoms with Gasteiger partial charge < -0.3 is 28.4 Å². The van der Waals surface area contributed by atoms with Gasteiger partial charge in [-0.3, -0.25) is 9.59 Å². The minimum absolute atomic E-state index is 0.247. The molecule has 234 valence electrons. The Kier molecular flexibility index (Phi) is 17.9. The van der Waals surface area contributed by atoms with Gasteiger partial charge in [0.05, 0.1) is 6.61 Å². The van der Waals surface area contributed by atoms with Crippen molar-refractivity contribution in [1.29, 1.82) is 0 Å². The molecule has 6 atom stereocenters. The Bertz CT molecular complexity index is 832. The fourth-order valence-corrected chi connectivity index (χ4v) is 4.84. The largest absolute Gasteiger partial charge is 0.455 e. The Hall–Kier alpha value is -2.00. The highest BCUT2D eigenvalue weighted by Crippen LogP contribution is 2.35. The van der Waals surface area contributed by atoms with Gasteiger partial charge in [-0.25, -0.2) is 0 Å². The molecular weight excluding hydrogens is 524 g/mol. The van der Waals surface area contributed by atoms with Crippen molar-refractivity contribution in [3.05, 3.63) is 35.9 Å². The number of carbonyl (C=O) groups excluding carboxylic acids is 2. The molecule has 0 bridgehead atoms. The summed E-state index contributed by atoms with van der Waals surface area (Å²) >= 11 is 0. The second-order valence-corrected chi connectivity index (χ2v) is 10.7. The van der Waals surface area contributed by atoms with E-state index in [4.69, 9.17) is 28.4 Å². The molecule has 1 aromatic rings. The minimum Gasteiger partial charge on any atom is -0.455 e. The predicted molar refractivity (Wildman–Crippen MR) is 159 cm³/mol. The first-order valence-corrected chi connectivity index (χ1v) is 15.9. The maximum atomic E-state index is 13.0. The van der Waals surface area contributed by atoms with Gasteiger partial charge in [0.15, 0.2) is 12.2 Å². The van der Waals surface area contributed by atoms with Gasteiger partial charge in [-0.05, 0) is 37.7 Å². The van der Waals surface area contributed by atoms with Crippen LogP contribution in [0.5, 0.6) is 0 Å². The lowest BCUT2D eigenvalue weighted by atomic mass is 9.83. The molecule has 0 heterocycles. The Morgan fingerprint density at radius 2 is 0.927 bits per heavy atom. The van der Waals surface area contributed by atoms with Crippen molar-refractivity contribution in [3.63, 3.8) is 0 Å². The second kappa shape index (κ2) is 20.8. The normalized spacial score (nSPS) is 24.2.